The van der Waals surface area contributed by atoms with Crippen LogP contribution >= 0.6 is 0 Å². The molecular weight excluding hydrogens is 440 g/mol. The predicted octanol–water partition coefficient (Wildman–Crippen LogP) is 2.02. The molecular formula is C26H28O8. The van der Waals surface area contributed by atoms with E-state index in [4.69, 9.17) is 23.7 Å². The van der Waals surface area contributed by atoms with Gasteiger partial charge >= 0.3 is 11.9 Å². The van der Waals surface area contributed by atoms with Gasteiger partial charge in [0.2, 0.25) is 0 Å². The molecule has 3 aliphatic rings. The van der Waals surface area contributed by atoms with Gasteiger partial charge in [0.15, 0.2) is 12.2 Å². The van der Waals surface area contributed by atoms with Crippen LogP contribution in [0.3, 0.4) is 0 Å². The fourth-order valence-corrected chi connectivity index (χ4v) is 5.03. The molecule has 0 saturated carbocycles. The number of carbonyl (C=O) groups excluding carboxylic acids is 2. The summed E-state index contributed by atoms with van der Waals surface area (Å²) >= 11 is 0. The summed E-state index contributed by atoms with van der Waals surface area (Å²) in [6.07, 6.45) is -3.61. The van der Waals surface area contributed by atoms with E-state index in [-0.39, 0.29) is 31.5 Å². The van der Waals surface area contributed by atoms with Gasteiger partial charge in [-0.15, -0.1) is 0 Å². The second-order valence-electron chi connectivity index (χ2n) is 8.96. The standard InChI is InChI=1S/C26H28O8/c27-19(14-30-12-16-7-3-1-4-8-16)24-25-22(26(29)34-24)18-11-21(28)32-20(23(18)33-25)15-31-13-17-9-5-2-6-10-17/h1-10,18-20,22-25,27H,11-15H2/t18-,19-,20-,22-,23+,24-,25+/m1/s1. The molecule has 0 aromatic heterocycles. The highest BCUT2D eigenvalue weighted by atomic mass is 16.6. The van der Waals surface area contributed by atoms with Crippen LogP contribution in [0.25, 0.3) is 0 Å². The molecule has 8 heteroatoms. The zero-order chi connectivity index (χ0) is 23.5. The van der Waals surface area contributed by atoms with E-state index in [9.17, 15) is 14.7 Å². The summed E-state index contributed by atoms with van der Waals surface area (Å²) < 4.78 is 28.6. The molecule has 5 rings (SSSR count). The molecule has 3 heterocycles. The summed E-state index contributed by atoms with van der Waals surface area (Å²) in [5, 5.41) is 10.7. The van der Waals surface area contributed by atoms with Gasteiger partial charge < -0.3 is 28.8 Å². The van der Waals surface area contributed by atoms with Gasteiger partial charge in [0.25, 0.3) is 0 Å². The Bertz CT molecular complexity index is 981. The van der Waals surface area contributed by atoms with E-state index in [1.54, 1.807) is 0 Å². The third-order valence-electron chi connectivity index (χ3n) is 6.62. The van der Waals surface area contributed by atoms with Crippen molar-refractivity contribution >= 4 is 11.9 Å². The molecule has 0 unspecified atom stereocenters. The maximum absolute atomic E-state index is 12.7. The van der Waals surface area contributed by atoms with Gasteiger partial charge in [-0.2, -0.15) is 0 Å². The van der Waals surface area contributed by atoms with Crippen molar-refractivity contribution in [3.63, 3.8) is 0 Å². The zero-order valence-electron chi connectivity index (χ0n) is 18.7. The number of rotatable bonds is 9. The van der Waals surface area contributed by atoms with Crippen molar-refractivity contribution in [2.45, 2.75) is 50.2 Å². The Labute approximate surface area is 197 Å². The summed E-state index contributed by atoms with van der Waals surface area (Å²) in [7, 11) is 0. The number of hydrogen-bond donors (Lipinski definition) is 1. The molecule has 180 valence electrons. The van der Waals surface area contributed by atoms with Crippen molar-refractivity contribution in [2.24, 2.45) is 11.8 Å². The first-order valence-electron chi connectivity index (χ1n) is 11.6. The topological polar surface area (TPSA) is 101 Å². The molecule has 3 fully saturated rings. The number of ether oxygens (including phenoxy) is 5. The summed E-state index contributed by atoms with van der Waals surface area (Å²) in [6.45, 7) is 0.862. The van der Waals surface area contributed by atoms with Crippen LogP contribution in [0, 0.1) is 11.8 Å². The lowest BCUT2D eigenvalue weighted by Gasteiger charge is -2.33. The first-order valence-corrected chi connectivity index (χ1v) is 11.6. The summed E-state index contributed by atoms with van der Waals surface area (Å²) in [5.41, 5.74) is 1.99. The second kappa shape index (κ2) is 10.2. The predicted molar refractivity (Wildman–Crippen MR) is 118 cm³/mol. The Morgan fingerprint density at radius 3 is 2.21 bits per heavy atom. The quantitative estimate of drug-likeness (QED) is 0.558. The molecule has 8 nitrogen and oxygen atoms in total. The summed E-state index contributed by atoms with van der Waals surface area (Å²) in [4.78, 5) is 25.0. The fraction of sp³-hybridized carbons (Fsp3) is 0.462. The highest BCUT2D eigenvalue weighted by Crippen LogP contribution is 2.46. The van der Waals surface area contributed by atoms with E-state index < -0.39 is 42.4 Å². The van der Waals surface area contributed by atoms with E-state index >= 15 is 0 Å². The van der Waals surface area contributed by atoms with Gasteiger partial charge in [0.05, 0.1) is 38.8 Å². The molecule has 2 aromatic carbocycles. The molecule has 0 radical (unpaired) electrons. The lowest BCUT2D eigenvalue weighted by molar-refractivity contribution is -0.186. The average molecular weight is 469 g/mol. The number of fused-ring (bicyclic) bond motifs is 3. The molecule has 0 amide bonds. The number of aliphatic hydroxyl groups is 1. The van der Waals surface area contributed by atoms with Crippen LogP contribution in [0.5, 0.6) is 0 Å². The van der Waals surface area contributed by atoms with Gasteiger partial charge in [-0.05, 0) is 11.1 Å². The number of cyclic esters (lactones) is 2. The van der Waals surface area contributed by atoms with Crippen LogP contribution in [-0.4, -0.2) is 60.8 Å². The van der Waals surface area contributed by atoms with Crippen molar-refractivity contribution < 1.29 is 38.4 Å². The minimum absolute atomic E-state index is 0.00615. The van der Waals surface area contributed by atoms with Crippen LogP contribution in [0.4, 0.5) is 0 Å². The Kier molecular flexibility index (Phi) is 6.92. The van der Waals surface area contributed by atoms with Gasteiger partial charge in [-0.1, -0.05) is 60.7 Å². The van der Waals surface area contributed by atoms with Crippen molar-refractivity contribution in [1.29, 1.82) is 0 Å². The van der Waals surface area contributed by atoms with Crippen LogP contribution < -0.4 is 0 Å². The molecule has 1 N–H and O–H groups in total. The summed E-state index contributed by atoms with van der Waals surface area (Å²) in [6, 6.07) is 19.3. The Hall–Kier alpha value is -2.78. The van der Waals surface area contributed by atoms with Crippen molar-refractivity contribution in [3.05, 3.63) is 71.8 Å². The van der Waals surface area contributed by atoms with Crippen LogP contribution in [0.2, 0.25) is 0 Å². The summed E-state index contributed by atoms with van der Waals surface area (Å²) in [5.74, 6) is -1.83. The van der Waals surface area contributed by atoms with Crippen molar-refractivity contribution in [3.8, 4) is 0 Å². The van der Waals surface area contributed by atoms with Gasteiger partial charge in [0.1, 0.15) is 18.3 Å². The van der Waals surface area contributed by atoms with E-state index in [0.29, 0.717) is 13.2 Å². The Balaban J connectivity index is 1.20. The molecule has 34 heavy (non-hydrogen) atoms. The smallest absolute Gasteiger partial charge is 0.312 e. The van der Waals surface area contributed by atoms with Crippen molar-refractivity contribution in [2.75, 3.05) is 13.2 Å². The minimum atomic E-state index is -1.05. The molecule has 2 aromatic rings. The Morgan fingerprint density at radius 1 is 0.882 bits per heavy atom. The fourth-order valence-electron chi connectivity index (χ4n) is 5.03. The molecule has 3 saturated heterocycles. The molecule has 7 atom stereocenters. The maximum atomic E-state index is 12.7. The number of hydrogen-bond acceptors (Lipinski definition) is 8. The van der Waals surface area contributed by atoms with Gasteiger partial charge in [0, 0.05) is 5.92 Å². The Morgan fingerprint density at radius 2 is 1.53 bits per heavy atom. The number of carbonyl (C=O) groups is 2. The largest absolute Gasteiger partial charge is 0.457 e. The minimum Gasteiger partial charge on any atom is -0.457 e. The molecule has 0 aliphatic carbocycles. The highest BCUT2D eigenvalue weighted by molar-refractivity contribution is 5.79. The molecule has 0 spiro atoms. The van der Waals surface area contributed by atoms with E-state index in [1.807, 2.05) is 60.7 Å². The first-order chi connectivity index (χ1) is 16.6. The van der Waals surface area contributed by atoms with E-state index in [1.165, 1.54) is 0 Å². The van der Waals surface area contributed by atoms with E-state index in [0.717, 1.165) is 11.1 Å². The molecule has 0 bridgehead atoms. The third kappa shape index (κ3) is 4.86. The normalized spacial score (nSPS) is 30.9. The average Bonchev–Trinajstić information content (AvgIpc) is 3.38. The van der Waals surface area contributed by atoms with Crippen LogP contribution in [0.15, 0.2) is 60.7 Å². The van der Waals surface area contributed by atoms with Crippen LogP contribution in [0.1, 0.15) is 17.5 Å². The van der Waals surface area contributed by atoms with Gasteiger partial charge in [-0.25, -0.2) is 0 Å². The van der Waals surface area contributed by atoms with Gasteiger partial charge in [-0.3, -0.25) is 9.59 Å². The number of aliphatic hydroxyl groups excluding tert-OH is 1. The van der Waals surface area contributed by atoms with Crippen LogP contribution in [-0.2, 0) is 46.5 Å². The lowest BCUT2D eigenvalue weighted by atomic mass is 9.81. The SMILES string of the molecule is O=C1C[C@H]2[C@H](O[C@@H]3[C@@H]([C@H](O)COCc4ccccc4)OC(=O)[C@H]23)[C@@H](COCc2ccccc2)O1. The number of benzene rings is 2. The lowest BCUT2D eigenvalue weighted by Crippen LogP contribution is -2.46. The monoisotopic (exact) mass is 468 g/mol. The van der Waals surface area contributed by atoms with E-state index in [2.05, 4.69) is 0 Å². The third-order valence-corrected chi connectivity index (χ3v) is 6.62. The highest BCUT2D eigenvalue weighted by Gasteiger charge is 2.62. The maximum Gasteiger partial charge on any atom is 0.312 e. The molecule has 3 aliphatic heterocycles. The second-order valence-corrected chi connectivity index (χ2v) is 8.96. The van der Waals surface area contributed by atoms with Crippen molar-refractivity contribution in [1.82, 2.24) is 0 Å². The number of esters is 2. The first kappa shape index (κ1) is 23.0. The zero-order valence-corrected chi connectivity index (χ0v) is 18.7.